The molecule has 4 nitrogen and oxygen atoms in total. The molecule has 0 spiro atoms. The monoisotopic (exact) mass is 349 g/mol. The molecule has 0 bridgehead atoms. The lowest BCUT2D eigenvalue weighted by molar-refractivity contribution is -0.117. The summed E-state index contributed by atoms with van der Waals surface area (Å²) in [5.41, 5.74) is 0.511. The molecule has 2 aromatic carbocycles. The Labute approximate surface area is 143 Å². The second kappa shape index (κ2) is 7.57. The van der Waals surface area contributed by atoms with E-state index in [1.54, 1.807) is 18.2 Å². The van der Waals surface area contributed by atoms with Crippen LogP contribution in [0.5, 0.6) is 0 Å². The number of hydrogen-bond acceptors (Lipinski definition) is 3. The first kappa shape index (κ1) is 17.3. The van der Waals surface area contributed by atoms with Crippen LogP contribution in [0.3, 0.4) is 0 Å². The summed E-state index contributed by atoms with van der Waals surface area (Å²) in [6.45, 7) is 2.47. The summed E-state index contributed by atoms with van der Waals surface area (Å²) in [4.78, 5) is 15.9. The average molecular weight is 349 g/mol. The van der Waals surface area contributed by atoms with Gasteiger partial charge in [0.2, 0.25) is 5.91 Å². The number of benzene rings is 2. The fourth-order valence-electron chi connectivity index (χ4n) is 2.84. The van der Waals surface area contributed by atoms with E-state index in [0.29, 0.717) is 31.9 Å². The maximum absolute atomic E-state index is 13.8. The number of rotatable bonds is 4. The van der Waals surface area contributed by atoms with Gasteiger partial charge in [0, 0.05) is 32.2 Å². The molecule has 1 amide bonds. The number of nitrogens with one attached hydrogen (secondary N) is 1. The molecule has 1 fully saturated rings. The fourth-order valence-corrected chi connectivity index (χ4v) is 2.84. The van der Waals surface area contributed by atoms with Gasteiger partial charge in [-0.15, -0.1) is 0 Å². The third-order valence-electron chi connectivity index (χ3n) is 4.14. The molecule has 1 aliphatic rings. The van der Waals surface area contributed by atoms with Gasteiger partial charge in [-0.1, -0.05) is 12.1 Å². The van der Waals surface area contributed by atoms with Crippen LogP contribution in [0.4, 0.5) is 24.5 Å². The Kier molecular flexibility index (Phi) is 5.23. The van der Waals surface area contributed by atoms with E-state index in [2.05, 4.69) is 5.32 Å². The van der Waals surface area contributed by atoms with Crippen molar-refractivity contribution >= 4 is 17.3 Å². The van der Waals surface area contributed by atoms with Crippen LogP contribution in [0, 0.1) is 17.5 Å². The van der Waals surface area contributed by atoms with Crippen LogP contribution >= 0.6 is 0 Å². The van der Waals surface area contributed by atoms with E-state index in [9.17, 15) is 18.0 Å². The SMILES string of the molecule is O=C(CN1CCN(c2ccccc2F)CC1)Nc1ccc(F)cc1F. The van der Waals surface area contributed by atoms with Gasteiger partial charge in [0.25, 0.3) is 0 Å². The van der Waals surface area contributed by atoms with Crippen LogP contribution < -0.4 is 10.2 Å². The molecule has 0 aliphatic carbocycles. The number of hydrogen-bond donors (Lipinski definition) is 1. The molecule has 1 aliphatic heterocycles. The summed E-state index contributed by atoms with van der Waals surface area (Å²) in [6.07, 6.45) is 0. The molecule has 0 atom stereocenters. The molecule has 1 N–H and O–H groups in total. The summed E-state index contributed by atoms with van der Waals surface area (Å²) >= 11 is 0. The molecule has 1 heterocycles. The first-order chi connectivity index (χ1) is 12.0. The molecule has 0 radical (unpaired) electrons. The van der Waals surface area contributed by atoms with E-state index in [1.165, 1.54) is 12.1 Å². The number of anilines is 2. The number of carbonyl (C=O) groups is 1. The predicted octanol–water partition coefficient (Wildman–Crippen LogP) is 2.86. The van der Waals surface area contributed by atoms with Gasteiger partial charge >= 0.3 is 0 Å². The number of para-hydroxylation sites is 1. The van der Waals surface area contributed by atoms with Crippen molar-refractivity contribution in [2.24, 2.45) is 0 Å². The molecule has 0 aromatic heterocycles. The molecule has 7 heteroatoms. The highest BCUT2D eigenvalue weighted by Crippen LogP contribution is 2.20. The lowest BCUT2D eigenvalue weighted by Gasteiger charge is -2.35. The minimum Gasteiger partial charge on any atom is -0.367 e. The Balaban J connectivity index is 1.52. The van der Waals surface area contributed by atoms with Gasteiger partial charge in [-0.05, 0) is 24.3 Å². The van der Waals surface area contributed by atoms with Crippen molar-refractivity contribution in [3.05, 3.63) is 59.9 Å². The Morgan fingerprint density at radius 2 is 1.68 bits per heavy atom. The second-order valence-electron chi connectivity index (χ2n) is 5.89. The van der Waals surface area contributed by atoms with Gasteiger partial charge in [0.15, 0.2) is 0 Å². The summed E-state index contributed by atoms with van der Waals surface area (Å²) < 4.78 is 40.2. The average Bonchev–Trinajstić information content (AvgIpc) is 2.59. The highest BCUT2D eigenvalue weighted by atomic mass is 19.1. The quantitative estimate of drug-likeness (QED) is 0.922. The van der Waals surface area contributed by atoms with Crippen LogP contribution in [0.15, 0.2) is 42.5 Å². The van der Waals surface area contributed by atoms with E-state index < -0.39 is 11.6 Å². The Bertz CT molecular complexity index is 761. The lowest BCUT2D eigenvalue weighted by Crippen LogP contribution is -2.49. The van der Waals surface area contributed by atoms with Crippen LogP contribution in [0.2, 0.25) is 0 Å². The highest BCUT2D eigenvalue weighted by Gasteiger charge is 2.21. The lowest BCUT2D eigenvalue weighted by atomic mass is 10.2. The van der Waals surface area contributed by atoms with Gasteiger partial charge in [-0.2, -0.15) is 0 Å². The minimum absolute atomic E-state index is 0.0450. The maximum Gasteiger partial charge on any atom is 0.238 e. The molecular formula is C18H18F3N3O. The van der Waals surface area contributed by atoms with Crippen molar-refractivity contribution in [2.75, 3.05) is 42.9 Å². The molecule has 25 heavy (non-hydrogen) atoms. The van der Waals surface area contributed by atoms with Crippen LogP contribution in [-0.2, 0) is 4.79 Å². The van der Waals surface area contributed by atoms with E-state index in [-0.39, 0.29) is 24.0 Å². The number of carbonyl (C=O) groups excluding carboxylic acids is 1. The predicted molar refractivity (Wildman–Crippen MR) is 90.0 cm³/mol. The van der Waals surface area contributed by atoms with Crippen LogP contribution in [0.25, 0.3) is 0 Å². The van der Waals surface area contributed by atoms with Gasteiger partial charge in [-0.3, -0.25) is 9.69 Å². The Morgan fingerprint density at radius 3 is 2.36 bits per heavy atom. The van der Waals surface area contributed by atoms with E-state index in [0.717, 1.165) is 12.1 Å². The standard InChI is InChI=1S/C18H18F3N3O/c19-13-5-6-16(15(21)11-13)22-18(25)12-23-7-9-24(10-8-23)17-4-2-1-3-14(17)20/h1-6,11H,7-10,12H2,(H,22,25). The normalized spacial score (nSPS) is 15.2. The van der Waals surface area contributed by atoms with Crippen molar-refractivity contribution in [2.45, 2.75) is 0 Å². The third kappa shape index (κ3) is 4.30. The first-order valence-electron chi connectivity index (χ1n) is 7.99. The second-order valence-corrected chi connectivity index (χ2v) is 5.89. The van der Waals surface area contributed by atoms with E-state index in [4.69, 9.17) is 0 Å². The molecule has 1 saturated heterocycles. The molecule has 0 unspecified atom stereocenters. The summed E-state index contributed by atoms with van der Waals surface area (Å²) in [5, 5.41) is 2.44. The van der Waals surface area contributed by atoms with Crippen molar-refractivity contribution in [3.63, 3.8) is 0 Å². The largest absolute Gasteiger partial charge is 0.367 e. The van der Waals surface area contributed by atoms with Crippen LogP contribution in [-0.4, -0.2) is 43.5 Å². The zero-order chi connectivity index (χ0) is 17.8. The topological polar surface area (TPSA) is 35.6 Å². The third-order valence-corrected chi connectivity index (χ3v) is 4.14. The van der Waals surface area contributed by atoms with Gasteiger partial charge < -0.3 is 10.2 Å². The Hall–Kier alpha value is -2.54. The minimum atomic E-state index is -0.808. The van der Waals surface area contributed by atoms with Gasteiger partial charge in [0.05, 0.1) is 17.9 Å². The molecular weight excluding hydrogens is 331 g/mol. The van der Waals surface area contributed by atoms with Crippen molar-refractivity contribution in [3.8, 4) is 0 Å². The zero-order valence-corrected chi connectivity index (χ0v) is 13.5. The summed E-state index contributed by atoms with van der Waals surface area (Å²) in [7, 11) is 0. The van der Waals surface area contributed by atoms with E-state index in [1.807, 2.05) is 9.80 Å². The number of piperazine rings is 1. The fraction of sp³-hybridized carbons (Fsp3) is 0.278. The summed E-state index contributed by atoms with van der Waals surface area (Å²) in [5.74, 6) is -2.14. The van der Waals surface area contributed by atoms with Crippen molar-refractivity contribution in [1.29, 1.82) is 0 Å². The first-order valence-corrected chi connectivity index (χ1v) is 7.99. The van der Waals surface area contributed by atoms with Gasteiger partial charge in [0.1, 0.15) is 17.5 Å². The molecule has 0 saturated carbocycles. The molecule has 2 aromatic rings. The van der Waals surface area contributed by atoms with Crippen molar-refractivity contribution < 1.29 is 18.0 Å². The summed E-state index contributed by atoms with van der Waals surface area (Å²) in [6, 6.07) is 9.60. The van der Waals surface area contributed by atoms with Gasteiger partial charge in [-0.25, -0.2) is 13.2 Å². The van der Waals surface area contributed by atoms with E-state index >= 15 is 0 Å². The number of nitrogens with zero attached hydrogens (tertiary/aromatic N) is 2. The maximum atomic E-state index is 13.8. The number of amides is 1. The van der Waals surface area contributed by atoms with Crippen molar-refractivity contribution in [1.82, 2.24) is 4.90 Å². The number of halogens is 3. The molecule has 132 valence electrons. The smallest absolute Gasteiger partial charge is 0.238 e. The highest BCUT2D eigenvalue weighted by molar-refractivity contribution is 5.92. The zero-order valence-electron chi connectivity index (χ0n) is 13.5. The van der Waals surface area contributed by atoms with Crippen LogP contribution in [0.1, 0.15) is 0 Å². The molecule has 3 rings (SSSR count). The Morgan fingerprint density at radius 1 is 0.960 bits per heavy atom.